The van der Waals surface area contributed by atoms with Crippen LogP contribution in [0, 0.1) is 17.5 Å². The van der Waals surface area contributed by atoms with Gasteiger partial charge in [-0.2, -0.15) is 5.10 Å². The predicted molar refractivity (Wildman–Crippen MR) is 83.8 cm³/mol. The van der Waals surface area contributed by atoms with Crippen molar-refractivity contribution in [3.05, 3.63) is 52.6 Å². The third kappa shape index (κ3) is 2.84. The molecule has 8 heteroatoms. The first-order valence-corrected chi connectivity index (χ1v) is 8.19. The molecule has 4 rings (SSSR count). The first-order chi connectivity index (χ1) is 11.9. The van der Waals surface area contributed by atoms with Gasteiger partial charge < -0.3 is 10.5 Å². The van der Waals surface area contributed by atoms with Crippen LogP contribution in [0.1, 0.15) is 29.3 Å². The van der Waals surface area contributed by atoms with E-state index in [9.17, 15) is 13.2 Å². The number of ether oxygens (including phenoxy) is 1. The van der Waals surface area contributed by atoms with E-state index in [-0.39, 0.29) is 11.6 Å². The van der Waals surface area contributed by atoms with Crippen molar-refractivity contribution in [1.29, 1.82) is 0 Å². The molecular formula is C17H19F3N4O. The van der Waals surface area contributed by atoms with Gasteiger partial charge in [0, 0.05) is 49.4 Å². The zero-order chi connectivity index (χ0) is 17.7. The highest BCUT2D eigenvalue weighted by atomic mass is 19.2. The van der Waals surface area contributed by atoms with Gasteiger partial charge in [0.1, 0.15) is 11.9 Å². The Morgan fingerprint density at radius 1 is 1.16 bits per heavy atom. The van der Waals surface area contributed by atoms with Crippen molar-refractivity contribution in [3.8, 4) is 0 Å². The van der Waals surface area contributed by atoms with E-state index in [2.05, 4.69) is 10.00 Å². The van der Waals surface area contributed by atoms with E-state index in [1.54, 1.807) is 0 Å². The summed E-state index contributed by atoms with van der Waals surface area (Å²) >= 11 is 0. The molecule has 0 saturated carbocycles. The van der Waals surface area contributed by atoms with Gasteiger partial charge in [-0.25, -0.2) is 13.2 Å². The molecule has 0 radical (unpaired) electrons. The Morgan fingerprint density at radius 3 is 2.64 bits per heavy atom. The maximum absolute atomic E-state index is 14.0. The number of aromatic nitrogens is 2. The molecule has 0 amide bonds. The van der Waals surface area contributed by atoms with Crippen LogP contribution in [-0.4, -0.2) is 33.4 Å². The SMILES string of the molecule is Cn1ncc2c1CN(C1COC(c3cc(F)c(F)cc3F)C(N)C1)C2. The van der Waals surface area contributed by atoms with Crippen molar-refractivity contribution in [3.63, 3.8) is 0 Å². The summed E-state index contributed by atoms with van der Waals surface area (Å²) in [6.07, 6.45) is 1.67. The van der Waals surface area contributed by atoms with Crippen molar-refractivity contribution in [2.75, 3.05) is 6.61 Å². The third-order valence-electron chi connectivity index (χ3n) is 5.14. The normalized spacial score (nSPS) is 26.8. The van der Waals surface area contributed by atoms with Crippen molar-refractivity contribution >= 4 is 0 Å². The van der Waals surface area contributed by atoms with Crippen molar-refractivity contribution in [2.24, 2.45) is 12.8 Å². The summed E-state index contributed by atoms with van der Waals surface area (Å²) in [6, 6.07) is 0.969. The largest absolute Gasteiger partial charge is 0.370 e. The molecule has 3 heterocycles. The third-order valence-corrected chi connectivity index (χ3v) is 5.14. The number of rotatable bonds is 2. The van der Waals surface area contributed by atoms with Gasteiger partial charge in [-0.1, -0.05) is 0 Å². The highest BCUT2D eigenvalue weighted by molar-refractivity contribution is 5.25. The lowest BCUT2D eigenvalue weighted by Crippen LogP contribution is -2.47. The molecule has 0 aliphatic carbocycles. The predicted octanol–water partition coefficient (Wildman–Crippen LogP) is 2.01. The molecule has 1 saturated heterocycles. The van der Waals surface area contributed by atoms with Gasteiger partial charge in [0.2, 0.25) is 0 Å². The lowest BCUT2D eigenvalue weighted by Gasteiger charge is -2.38. The number of halogens is 3. The molecule has 2 aliphatic rings. The molecule has 5 nitrogen and oxygen atoms in total. The fourth-order valence-electron chi connectivity index (χ4n) is 3.74. The maximum Gasteiger partial charge on any atom is 0.161 e. The van der Waals surface area contributed by atoms with E-state index < -0.39 is 29.6 Å². The molecule has 2 aromatic rings. The smallest absolute Gasteiger partial charge is 0.161 e. The summed E-state index contributed by atoms with van der Waals surface area (Å²) in [7, 11) is 1.91. The Labute approximate surface area is 143 Å². The summed E-state index contributed by atoms with van der Waals surface area (Å²) in [6.45, 7) is 1.89. The second-order valence-corrected chi connectivity index (χ2v) is 6.74. The van der Waals surface area contributed by atoms with Crippen LogP contribution in [-0.2, 0) is 24.9 Å². The van der Waals surface area contributed by atoms with Crippen molar-refractivity contribution in [2.45, 2.75) is 37.7 Å². The summed E-state index contributed by atoms with van der Waals surface area (Å²) in [4.78, 5) is 2.25. The monoisotopic (exact) mass is 352 g/mol. The summed E-state index contributed by atoms with van der Waals surface area (Å²) in [5.41, 5.74) is 8.51. The number of aryl methyl sites for hydroxylation is 1. The molecule has 0 spiro atoms. The standard InChI is InChI=1S/C17H19F3N4O/c1-23-16-7-24(6-9(16)5-22-23)10-2-15(21)17(25-8-10)11-3-13(19)14(20)4-12(11)18/h3-5,10,15,17H,2,6-8,21H2,1H3. The molecule has 1 fully saturated rings. The molecule has 3 atom stereocenters. The van der Waals surface area contributed by atoms with E-state index in [1.165, 1.54) is 11.3 Å². The van der Waals surface area contributed by atoms with Crippen LogP contribution in [0.5, 0.6) is 0 Å². The number of fused-ring (bicyclic) bond motifs is 1. The number of hydrogen-bond acceptors (Lipinski definition) is 4. The molecule has 134 valence electrons. The van der Waals surface area contributed by atoms with Gasteiger partial charge in [-0.3, -0.25) is 9.58 Å². The van der Waals surface area contributed by atoms with Gasteiger partial charge in [0.25, 0.3) is 0 Å². The Balaban J connectivity index is 1.47. The van der Waals surface area contributed by atoms with Crippen LogP contribution in [0.15, 0.2) is 18.3 Å². The topological polar surface area (TPSA) is 56.3 Å². The number of nitrogens with zero attached hydrogens (tertiary/aromatic N) is 3. The molecule has 1 aromatic heterocycles. The molecule has 1 aromatic carbocycles. The number of hydrogen-bond donors (Lipinski definition) is 1. The van der Waals surface area contributed by atoms with Gasteiger partial charge in [0.05, 0.1) is 18.5 Å². The van der Waals surface area contributed by atoms with Crippen LogP contribution in [0.4, 0.5) is 13.2 Å². The van der Waals surface area contributed by atoms with E-state index in [0.717, 1.165) is 19.2 Å². The van der Waals surface area contributed by atoms with E-state index >= 15 is 0 Å². The van der Waals surface area contributed by atoms with Gasteiger partial charge in [-0.15, -0.1) is 0 Å². The highest BCUT2D eigenvalue weighted by Gasteiger charge is 2.37. The Bertz CT molecular complexity index is 809. The number of nitrogens with two attached hydrogens (primary N) is 1. The summed E-state index contributed by atoms with van der Waals surface area (Å²) in [5.74, 6) is -3.15. The second kappa shape index (κ2) is 6.12. The Kier molecular flexibility index (Phi) is 4.05. The van der Waals surface area contributed by atoms with Gasteiger partial charge in [0.15, 0.2) is 11.6 Å². The summed E-state index contributed by atoms with van der Waals surface area (Å²) < 4.78 is 48.2. The molecule has 3 unspecified atom stereocenters. The summed E-state index contributed by atoms with van der Waals surface area (Å²) in [5, 5.41) is 4.24. The van der Waals surface area contributed by atoms with Gasteiger partial charge >= 0.3 is 0 Å². The van der Waals surface area contributed by atoms with Gasteiger partial charge in [-0.05, 0) is 12.5 Å². The van der Waals surface area contributed by atoms with E-state index in [1.807, 2.05) is 17.9 Å². The molecule has 2 aliphatic heterocycles. The minimum Gasteiger partial charge on any atom is -0.370 e. The fraction of sp³-hybridized carbons (Fsp3) is 0.471. The zero-order valence-corrected chi connectivity index (χ0v) is 13.8. The minimum absolute atomic E-state index is 0.0289. The van der Waals surface area contributed by atoms with Crippen LogP contribution in [0.3, 0.4) is 0 Å². The molecule has 25 heavy (non-hydrogen) atoms. The number of benzene rings is 1. The molecule has 2 N–H and O–H groups in total. The maximum atomic E-state index is 14.0. The molecular weight excluding hydrogens is 333 g/mol. The van der Waals surface area contributed by atoms with Crippen LogP contribution in [0.2, 0.25) is 0 Å². The first kappa shape index (κ1) is 16.6. The minimum atomic E-state index is -1.22. The Morgan fingerprint density at radius 2 is 1.92 bits per heavy atom. The van der Waals surface area contributed by atoms with E-state index in [0.29, 0.717) is 19.1 Å². The highest BCUT2D eigenvalue weighted by Crippen LogP contribution is 2.34. The van der Waals surface area contributed by atoms with Crippen molar-refractivity contribution in [1.82, 2.24) is 14.7 Å². The van der Waals surface area contributed by atoms with Crippen molar-refractivity contribution < 1.29 is 17.9 Å². The van der Waals surface area contributed by atoms with Crippen LogP contribution < -0.4 is 5.73 Å². The lowest BCUT2D eigenvalue weighted by atomic mass is 9.93. The molecule has 0 bridgehead atoms. The zero-order valence-electron chi connectivity index (χ0n) is 13.8. The second-order valence-electron chi connectivity index (χ2n) is 6.74. The van der Waals surface area contributed by atoms with Crippen LogP contribution >= 0.6 is 0 Å². The van der Waals surface area contributed by atoms with Crippen LogP contribution in [0.25, 0.3) is 0 Å². The Hall–Kier alpha value is -1.90. The lowest BCUT2D eigenvalue weighted by molar-refractivity contribution is -0.0534. The fourth-order valence-corrected chi connectivity index (χ4v) is 3.74. The average Bonchev–Trinajstić information content (AvgIpc) is 3.14. The average molecular weight is 352 g/mol. The van der Waals surface area contributed by atoms with E-state index in [4.69, 9.17) is 10.5 Å². The quantitative estimate of drug-likeness (QED) is 0.840. The first-order valence-electron chi connectivity index (χ1n) is 8.19.